The van der Waals surface area contributed by atoms with Crippen molar-refractivity contribution in [2.45, 2.75) is 44.9 Å². The number of imide groups is 1. The van der Waals surface area contributed by atoms with Crippen molar-refractivity contribution in [2.75, 3.05) is 56.1 Å². The van der Waals surface area contributed by atoms with Gasteiger partial charge in [0.25, 0.3) is 11.8 Å². The molecule has 3 aromatic rings. The number of hydroxylamine groups is 2. The number of carbonyl (C=O) groups excluding carboxylic acids is 4. The smallest absolute Gasteiger partial charge is 0.333 e. The molecule has 1 aliphatic carbocycles. The van der Waals surface area contributed by atoms with Gasteiger partial charge >= 0.3 is 5.97 Å². The Bertz CT molecular complexity index is 2230. The summed E-state index contributed by atoms with van der Waals surface area (Å²) in [5.41, 5.74) is 7.51. The summed E-state index contributed by atoms with van der Waals surface area (Å²) in [6, 6.07) is 32.0. The Balaban J connectivity index is 1.06. The van der Waals surface area contributed by atoms with Gasteiger partial charge in [-0.1, -0.05) is 30.3 Å². The molecule has 5 aliphatic rings. The highest BCUT2D eigenvalue weighted by Crippen LogP contribution is 2.41. The third-order valence-electron chi connectivity index (χ3n) is 10.8. The summed E-state index contributed by atoms with van der Waals surface area (Å²) < 4.78 is 9.00. The highest BCUT2D eigenvalue weighted by Gasteiger charge is 2.33. The van der Waals surface area contributed by atoms with Crippen molar-refractivity contribution >= 4 is 51.7 Å². The maximum atomic E-state index is 13.0. The first-order chi connectivity index (χ1) is 26.3. The molecule has 276 valence electrons. The first-order valence-corrected chi connectivity index (χ1v) is 18.9. The van der Waals surface area contributed by atoms with Gasteiger partial charge in [0.2, 0.25) is 11.3 Å². The van der Waals surface area contributed by atoms with Crippen molar-refractivity contribution < 1.29 is 28.4 Å². The third-order valence-corrected chi connectivity index (χ3v) is 10.8. The average Bonchev–Trinajstić information content (AvgIpc) is 3.54. The number of hydrogen-bond acceptors (Lipinski definition) is 8. The van der Waals surface area contributed by atoms with E-state index in [0.717, 1.165) is 63.2 Å². The molecule has 11 heteroatoms. The van der Waals surface area contributed by atoms with E-state index in [0.29, 0.717) is 31.2 Å². The molecule has 0 unspecified atom stereocenters. The molecule has 54 heavy (non-hydrogen) atoms. The van der Waals surface area contributed by atoms with Crippen LogP contribution in [0.25, 0.3) is 33.4 Å². The second-order valence-corrected chi connectivity index (χ2v) is 14.2. The summed E-state index contributed by atoms with van der Waals surface area (Å²) in [6.45, 7) is 4.33. The van der Waals surface area contributed by atoms with Crippen LogP contribution in [0.4, 0.5) is 17.1 Å². The fourth-order valence-corrected chi connectivity index (χ4v) is 7.76. The molecule has 0 N–H and O–H groups in total. The van der Waals surface area contributed by atoms with E-state index in [2.05, 4.69) is 94.2 Å². The molecular formula is C43H44N5O6+. The number of para-hydroxylation sites is 1. The van der Waals surface area contributed by atoms with Gasteiger partial charge in [-0.3, -0.25) is 14.4 Å². The Kier molecular flexibility index (Phi) is 9.86. The van der Waals surface area contributed by atoms with E-state index in [-0.39, 0.29) is 31.6 Å². The van der Waals surface area contributed by atoms with E-state index >= 15 is 0 Å². The van der Waals surface area contributed by atoms with Crippen LogP contribution in [0, 0.1) is 0 Å². The fourth-order valence-electron chi connectivity index (χ4n) is 7.76. The summed E-state index contributed by atoms with van der Waals surface area (Å²) in [5, 5.41) is 2.59. The number of benzene rings is 4. The Morgan fingerprint density at radius 1 is 0.778 bits per heavy atom. The molecule has 0 bridgehead atoms. The van der Waals surface area contributed by atoms with Crippen LogP contribution >= 0.6 is 0 Å². The number of piperidine rings is 1. The number of nitrogens with zero attached hydrogens (tertiary/aromatic N) is 5. The number of amides is 3. The number of fused-ring (bicyclic) bond motifs is 2. The van der Waals surface area contributed by atoms with Gasteiger partial charge in [0.1, 0.15) is 11.3 Å². The van der Waals surface area contributed by atoms with Crippen LogP contribution in [0.1, 0.15) is 44.9 Å². The molecule has 4 heterocycles. The zero-order chi connectivity index (χ0) is 37.2. The van der Waals surface area contributed by atoms with Crippen LogP contribution in [0.2, 0.25) is 0 Å². The maximum absolute atomic E-state index is 13.0. The monoisotopic (exact) mass is 726 g/mol. The van der Waals surface area contributed by atoms with Crippen molar-refractivity contribution in [3.8, 4) is 22.5 Å². The molecule has 3 saturated heterocycles. The van der Waals surface area contributed by atoms with E-state index in [1.54, 1.807) is 4.90 Å². The van der Waals surface area contributed by atoms with Crippen LogP contribution in [0.3, 0.4) is 0 Å². The van der Waals surface area contributed by atoms with Crippen LogP contribution in [-0.4, -0.2) is 80.0 Å². The molecule has 0 saturated carbocycles. The van der Waals surface area contributed by atoms with Gasteiger partial charge in [0, 0.05) is 85.1 Å². The molecular weight excluding hydrogens is 683 g/mol. The minimum absolute atomic E-state index is 0.0272. The number of hydrogen-bond donors (Lipinski definition) is 0. The summed E-state index contributed by atoms with van der Waals surface area (Å²) in [4.78, 5) is 60.0. The molecule has 11 nitrogen and oxygen atoms in total. The van der Waals surface area contributed by atoms with E-state index in [1.165, 1.54) is 24.9 Å². The Labute approximate surface area is 313 Å². The summed E-state index contributed by atoms with van der Waals surface area (Å²) >= 11 is 0. The Morgan fingerprint density at radius 2 is 1.48 bits per heavy atom. The quantitative estimate of drug-likeness (QED) is 0.110. The Hall–Kier alpha value is -5.97. The largest absolute Gasteiger partial charge is 0.456 e. The lowest BCUT2D eigenvalue weighted by Crippen LogP contribution is -2.50. The van der Waals surface area contributed by atoms with Gasteiger partial charge in [-0.25, -0.2) is 9.37 Å². The molecule has 8 rings (SSSR count). The predicted molar refractivity (Wildman–Crippen MR) is 207 cm³/mol. The van der Waals surface area contributed by atoms with Crippen LogP contribution < -0.4 is 19.7 Å². The standard InChI is InChI=1S/C43H44N5O6/c1-44(31-8-4-2-5-9-31)32-12-10-30(11-13-32)43-35-16-14-33(45-22-6-3-7-23-45)28-37(35)53-38-29-34(15-17-36(38)43)46-24-26-47(27-25-46)39(49)20-21-42(52)54-48-40(50)18-19-41(48)51/h2,4-5,8-17,28-29H,3,6-7,18-27H2,1H3/q+1. The molecule has 3 aromatic carbocycles. The SMILES string of the molecule is CN(c1ccccc1)c1ccc(-c2c3ccc(=[N+]4CCN(C(=O)CCC(=O)ON5C(=O)CCC5=O)CC4)cc-3oc3cc(N4CCCCC4)ccc23)cc1. The second-order valence-electron chi connectivity index (χ2n) is 14.2. The number of carbonyl (C=O) groups is 4. The first kappa shape index (κ1) is 35.1. The maximum Gasteiger partial charge on any atom is 0.333 e. The highest BCUT2D eigenvalue weighted by molar-refractivity contribution is 6.03. The van der Waals surface area contributed by atoms with Gasteiger partial charge in [-0.2, -0.15) is 0 Å². The topological polar surface area (TPSA) is 107 Å². The summed E-state index contributed by atoms with van der Waals surface area (Å²) in [6.07, 6.45) is 3.45. The van der Waals surface area contributed by atoms with Gasteiger partial charge < -0.3 is 24.0 Å². The van der Waals surface area contributed by atoms with Crippen molar-refractivity contribution in [3.63, 3.8) is 0 Å². The molecule has 0 radical (unpaired) electrons. The van der Waals surface area contributed by atoms with Crippen molar-refractivity contribution in [3.05, 3.63) is 96.4 Å². The zero-order valence-electron chi connectivity index (χ0n) is 30.5. The number of rotatable bonds is 8. The van der Waals surface area contributed by atoms with Crippen LogP contribution in [-0.2, 0) is 24.0 Å². The minimum Gasteiger partial charge on any atom is -0.456 e. The molecule has 4 aliphatic heterocycles. The fraction of sp³-hybridized carbons (Fsp3) is 0.326. The lowest BCUT2D eigenvalue weighted by molar-refractivity contribution is -0.197. The normalized spacial score (nSPS) is 16.4. The van der Waals surface area contributed by atoms with Crippen LogP contribution in [0.5, 0.6) is 0 Å². The van der Waals surface area contributed by atoms with Crippen molar-refractivity contribution in [1.29, 1.82) is 0 Å². The minimum atomic E-state index is -0.768. The summed E-state index contributed by atoms with van der Waals surface area (Å²) in [5.74, 6) is -1.21. The predicted octanol–water partition coefficient (Wildman–Crippen LogP) is 5.96. The van der Waals surface area contributed by atoms with Gasteiger partial charge in [-0.15, -0.1) is 5.06 Å². The lowest BCUT2D eigenvalue weighted by Gasteiger charge is -2.29. The average molecular weight is 727 g/mol. The highest BCUT2D eigenvalue weighted by atomic mass is 16.7. The molecule has 0 aromatic heterocycles. The lowest BCUT2D eigenvalue weighted by atomic mass is 9.93. The van der Waals surface area contributed by atoms with Gasteiger partial charge in [0.15, 0.2) is 13.1 Å². The van der Waals surface area contributed by atoms with Crippen LogP contribution in [0.15, 0.2) is 95.4 Å². The molecule has 0 atom stereocenters. The van der Waals surface area contributed by atoms with Gasteiger partial charge in [-0.05, 0) is 67.3 Å². The van der Waals surface area contributed by atoms with Crippen molar-refractivity contribution in [2.24, 2.45) is 0 Å². The first-order valence-electron chi connectivity index (χ1n) is 18.9. The number of anilines is 3. The molecule has 0 spiro atoms. The third kappa shape index (κ3) is 7.18. The second kappa shape index (κ2) is 15.2. The van der Waals surface area contributed by atoms with Gasteiger partial charge in [0.05, 0.1) is 25.6 Å². The molecule has 3 amide bonds. The molecule has 3 fully saturated rings. The van der Waals surface area contributed by atoms with E-state index < -0.39 is 17.8 Å². The van der Waals surface area contributed by atoms with E-state index in [9.17, 15) is 19.2 Å². The number of piperazine rings is 1. The Morgan fingerprint density at radius 3 is 2.20 bits per heavy atom. The van der Waals surface area contributed by atoms with Crippen molar-refractivity contribution in [1.82, 2.24) is 14.5 Å². The summed E-state index contributed by atoms with van der Waals surface area (Å²) in [7, 11) is 2.08. The zero-order valence-corrected chi connectivity index (χ0v) is 30.5. The van der Waals surface area contributed by atoms with E-state index in [1.807, 2.05) is 18.2 Å². The van der Waals surface area contributed by atoms with E-state index in [4.69, 9.17) is 9.25 Å².